The zero-order chi connectivity index (χ0) is 24.1. The number of unbranched alkanes of at least 4 members (excludes halogenated alkanes) is 20. The van der Waals surface area contributed by atoms with Crippen molar-refractivity contribution in [2.75, 3.05) is 0 Å². The molecule has 0 atom stereocenters. The Bertz CT molecular complexity index is 352. The van der Waals surface area contributed by atoms with Gasteiger partial charge in [0.25, 0.3) is 0 Å². The molecule has 2 N–H and O–H groups in total. The molecule has 0 aliphatic rings. The molecule has 0 aromatic heterocycles. The van der Waals surface area contributed by atoms with Crippen molar-refractivity contribution in [2.24, 2.45) is 0 Å². The van der Waals surface area contributed by atoms with E-state index >= 15 is 0 Å². The van der Waals surface area contributed by atoms with Gasteiger partial charge in [0.15, 0.2) is 0 Å². The molecular formula is C28H56CuO4. The average Bonchev–Trinajstić information content (AvgIpc) is 2.76. The maximum atomic E-state index is 10.3. The molecule has 0 aromatic carbocycles. The summed E-state index contributed by atoms with van der Waals surface area (Å²) in [5, 5.41) is 16.9. The number of rotatable bonds is 24. The number of carbonyl (C=O) groups is 2. The summed E-state index contributed by atoms with van der Waals surface area (Å²) < 4.78 is 0. The molecule has 0 bridgehead atoms. The van der Waals surface area contributed by atoms with Crippen LogP contribution in [0.25, 0.3) is 0 Å². The Balaban J connectivity index is -0.000000529. The van der Waals surface area contributed by atoms with Crippen LogP contribution in [0.15, 0.2) is 0 Å². The van der Waals surface area contributed by atoms with Gasteiger partial charge in [-0.1, -0.05) is 142 Å². The minimum absolute atomic E-state index is 0. The average molecular weight is 520 g/mol. The third-order valence-electron chi connectivity index (χ3n) is 5.99. The Morgan fingerprint density at radius 2 is 0.576 bits per heavy atom. The van der Waals surface area contributed by atoms with Gasteiger partial charge in [0.1, 0.15) is 0 Å². The minimum atomic E-state index is -0.657. The molecule has 0 aliphatic carbocycles. The molecule has 0 amide bonds. The fourth-order valence-electron chi connectivity index (χ4n) is 3.88. The Morgan fingerprint density at radius 3 is 0.758 bits per heavy atom. The van der Waals surface area contributed by atoms with Crippen LogP contribution in [0.2, 0.25) is 0 Å². The topological polar surface area (TPSA) is 74.6 Å². The molecule has 0 heterocycles. The summed E-state index contributed by atoms with van der Waals surface area (Å²) in [7, 11) is 0. The Labute approximate surface area is 216 Å². The fraction of sp³-hybridized carbons (Fsp3) is 0.929. The van der Waals surface area contributed by atoms with Crippen LogP contribution in [-0.2, 0) is 26.7 Å². The minimum Gasteiger partial charge on any atom is -0.481 e. The molecule has 33 heavy (non-hydrogen) atoms. The first-order valence-electron chi connectivity index (χ1n) is 14.0. The van der Waals surface area contributed by atoms with E-state index < -0.39 is 11.9 Å². The predicted molar refractivity (Wildman–Crippen MR) is 137 cm³/mol. The molecule has 1 radical (unpaired) electrons. The predicted octanol–water partition coefficient (Wildman–Crippen LogP) is 9.54. The summed E-state index contributed by atoms with van der Waals surface area (Å²) in [6, 6.07) is 0. The molecule has 0 saturated carbocycles. The third-order valence-corrected chi connectivity index (χ3v) is 5.99. The van der Waals surface area contributed by atoms with Gasteiger partial charge >= 0.3 is 11.9 Å². The number of hydrogen-bond donors (Lipinski definition) is 2. The van der Waals surface area contributed by atoms with Gasteiger partial charge in [-0.15, -0.1) is 0 Å². The molecule has 0 rings (SSSR count). The van der Waals surface area contributed by atoms with E-state index in [0.717, 1.165) is 25.7 Å². The van der Waals surface area contributed by atoms with Gasteiger partial charge in [-0.3, -0.25) is 9.59 Å². The van der Waals surface area contributed by atoms with Gasteiger partial charge in [0.05, 0.1) is 0 Å². The quantitative estimate of drug-likeness (QED) is 0.0982. The van der Waals surface area contributed by atoms with E-state index in [2.05, 4.69) is 13.8 Å². The standard InChI is InChI=1S/2C14H28O2.Cu/c2*1-2-3-4-5-6-7-8-9-10-11-12-13-14(15)16;/h2*2-13H2,1H3,(H,15,16);. The number of hydrogen-bond acceptors (Lipinski definition) is 2. The van der Waals surface area contributed by atoms with Gasteiger partial charge in [-0.05, 0) is 12.8 Å². The normalized spacial score (nSPS) is 10.2. The molecule has 5 heteroatoms. The van der Waals surface area contributed by atoms with Crippen molar-refractivity contribution >= 4 is 11.9 Å². The second-order valence-corrected chi connectivity index (χ2v) is 9.36. The van der Waals surface area contributed by atoms with E-state index in [0.29, 0.717) is 12.8 Å². The summed E-state index contributed by atoms with van der Waals surface area (Å²) in [5.41, 5.74) is 0. The van der Waals surface area contributed by atoms with E-state index in [9.17, 15) is 9.59 Å². The summed E-state index contributed by atoms with van der Waals surface area (Å²) in [6.07, 6.45) is 28.7. The zero-order valence-electron chi connectivity index (χ0n) is 22.0. The zero-order valence-corrected chi connectivity index (χ0v) is 22.9. The summed E-state index contributed by atoms with van der Waals surface area (Å²) in [4.78, 5) is 20.5. The van der Waals surface area contributed by atoms with Crippen LogP contribution in [-0.4, -0.2) is 22.2 Å². The van der Waals surface area contributed by atoms with E-state index in [1.54, 1.807) is 0 Å². The molecule has 0 spiro atoms. The largest absolute Gasteiger partial charge is 0.481 e. The van der Waals surface area contributed by atoms with Crippen LogP contribution in [0.1, 0.15) is 168 Å². The monoisotopic (exact) mass is 519 g/mol. The van der Waals surface area contributed by atoms with E-state index in [4.69, 9.17) is 10.2 Å². The van der Waals surface area contributed by atoms with Crippen LogP contribution in [0.3, 0.4) is 0 Å². The smallest absolute Gasteiger partial charge is 0.303 e. The molecular weight excluding hydrogens is 464 g/mol. The summed E-state index contributed by atoms with van der Waals surface area (Å²) in [5.74, 6) is -1.31. The van der Waals surface area contributed by atoms with Crippen molar-refractivity contribution in [3.05, 3.63) is 0 Å². The van der Waals surface area contributed by atoms with Gasteiger partial charge in [0, 0.05) is 29.9 Å². The van der Waals surface area contributed by atoms with E-state index in [1.165, 1.54) is 116 Å². The molecule has 203 valence electrons. The number of aliphatic carboxylic acids is 2. The van der Waals surface area contributed by atoms with Gasteiger partial charge in [0.2, 0.25) is 0 Å². The second-order valence-electron chi connectivity index (χ2n) is 9.36. The molecule has 0 aliphatic heterocycles. The number of carboxylic acid groups (broad SMARTS) is 2. The van der Waals surface area contributed by atoms with Gasteiger partial charge in [-0.25, -0.2) is 0 Å². The van der Waals surface area contributed by atoms with Crippen molar-refractivity contribution in [2.45, 2.75) is 168 Å². The van der Waals surface area contributed by atoms with Crippen LogP contribution < -0.4 is 0 Å². The van der Waals surface area contributed by atoms with Crippen LogP contribution in [0, 0.1) is 0 Å². The number of carboxylic acids is 2. The van der Waals surface area contributed by atoms with E-state index in [1.807, 2.05) is 0 Å². The van der Waals surface area contributed by atoms with Crippen molar-refractivity contribution in [1.29, 1.82) is 0 Å². The van der Waals surface area contributed by atoms with Crippen LogP contribution in [0.4, 0.5) is 0 Å². The molecule has 0 fully saturated rings. The first-order valence-corrected chi connectivity index (χ1v) is 14.0. The molecule has 0 unspecified atom stereocenters. The van der Waals surface area contributed by atoms with Crippen molar-refractivity contribution < 1.29 is 36.9 Å². The third kappa shape index (κ3) is 42.1. The molecule has 0 saturated heterocycles. The first kappa shape index (κ1) is 37.0. The van der Waals surface area contributed by atoms with Crippen molar-refractivity contribution in [3.8, 4) is 0 Å². The maximum Gasteiger partial charge on any atom is 0.303 e. The SMILES string of the molecule is CCCCCCCCCCCCCC(=O)O.CCCCCCCCCCCCCC(=O)O.[Cu]. The Morgan fingerprint density at radius 1 is 0.394 bits per heavy atom. The van der Waals surface area contributed by atoms with Crippen LogP contribution in [0.5, 0.6) is 0 Å². The van der Waals surface area contributed by atoms with Crippen LogP contribution >= 0.6 is 0 Å². The van der Waals surface area contributed by atoms with E-state index in [-0.39, 0.29) is 17.1 Å². The Kier molecular flexibility index (Phi) is 37.7. The Hall–Kier alpha value is -0.541. The summed E-state index contributed by atoms with van der Waals surface area (Å²) >= 11 is 0. The molecule has 0 aromatic rings. The van der Waals surface area contributed by atoms with Gasteiger partial charge < -0.3 is 10.2 Å². The van der Waals surface area contributed by atoms with Gasteiger partial charge in [-0.2, -0.15) is 0 Å². The first-order chi connectivity index (χ1) is 15.5. The maximum absolute atomic E-state index is 10.3. The fourth-order valence-corrected chi connectivity index (χ4v) is 3.88. The summed E-state index contributed by atoms with van der Waals surface area (Å²) in [6.45, 7) is 4.49. The van der Waals surface area contributed by atoms with Crippen molar-refractivity contribution in [1.82, 2.24) is 0 Å². The molecule has 4 nitrogen and oxygen atoms in total. The second kappa shape index (κ2) is 33.6. The van der Waals surface area contributed by atoms with Crippen molar-refractivity contribution in [3.63, 3.8) is 0 Å².